The van der Waals surface area contributed by atoms with E-state index in [2.05, 4.69) is 14.9 Å². The van der Waals surface area contributed by atoms with E-state index >= 15 is 0 Å². The van der Waals surface area contributed by atoms with E-state index < -0.39 is 10.4 Å². The van der Waals surface area contributed by atoms with Crippen LogP contribution >= 0.6 is 0 Å². The van der Waals surface area contributed by atoms with Crippen LogP contribution in [-0.4, -0.2) is 64.4 Å². The second-order valence-electron chi connectivity index (χ2n) is 3.29. The van der Waals surface area contributed by atoms with Crippen molar-refractivity contribution in [2.45, 2.75) is 40.0 Å². The average Bonchev–Trinajstić information content (AvgIpc) is 2.34. The molecule has 7 heteroatoms. The summed E-state index contributed by atoms with van der Waals surface area (Å²) in [5, 5.41) is 0. The molecule has 0 spiro atoms. The van der Waals surface area contributed by atoms with Crippen molar-refractivity contribution in [3.05, 3.63) is 12.7 Å². The average molecular weight is 306 g/mol. The summed E-state index contributed by atoms with van der Waals surface area (Å²) in [6.45, 7) is 11.2. The van der Waals surface area contributed by atoms with Crippen LogP contribution in [0.3, 0.4) is 0 Å². The zero-order chi connectivity index (χ0) is 14.3. The molecule has 0 saturated heterocycles. The van der Waals surface area contributed by atoms with Gasteiger partial charge in [-0.05, 0) is 20.3 Å². The van der Waals surface area contributed by atoms with Crippen molar-refractivity contribution >= 4 is 40.0 Å². The summed E-state index contributed by atoms with van der Waals surface area (Å²) in [4.78, 5) is 0. The molecule has 0 heterocycles. The van der Waals surface area contributed by atoms with Crippen LogP contribution in [0.4, 0.5) is 0 Å². The van der Waals surface area contributed by atoms with Gasteiger partial charge in [-0.25, -0.2) is 8.37 Å². The summed E-state index contributed by atoms with van der Waals surface area (Å²) in [5.74, 6) is 0. The van der Waals surface area contributed by atoms with Crippen molar-refractivity contribution in [3.63, 3.8) is 0 Å². The Balaban J connectivity index is -0.000000366. The van der Waals surface area contributed by atoms with Gasteiger partial charge in [-0.15, -0.1) is 6.58 Å². The number of hydrogen-bond acceptors (Lipinski definition) is 5. The van der Waals surface area contributed by atoms with E-state index in [1.807, 2.05) is 20.8 Å². The Hall–Kier alpha value is 0.570. The molecule has 0 aromatic rings. The first-order valence-corrected chi connectivity index (χ1v) is 7.59. The molecule has 0 aliphatic carbocycles. The Kier molecular flexibility index (Phi) is 24.0. The van der Waals surface area contributed by atoms with Gasteiger partial charge < -0.3 is 4.74 Å². The summed E-state index contributed by atoms with van der Waals surface area (Å²) in [7, 11) is -3.80. The first-order chi connectivity index (χ1) is 8.54. The van der Waals surface area contributed by atoms with Crippen LogP contribution in [0, 0.1) is 0 Å². The molecule has 0 aromatic carbocycles. The predicted octanol–water partition coefficient (Wildman–Crippen LogP) is 2.03. The van der Waals surface area contributed by atoms with Gasteiger partial charge in [-0.1, -0.05) is 25.8 Å². The number of hydrogen-bond donors (Lipinski definition) is 0. The van der Waals surface area contributed by atoms with Crippen molar-refractivity contribution in [3.8, 4) is 0 Å². The Morgan fingerprint density at radius 2 is 1.63 bits per heavy atom. The molecule has 0 bridgehead atoms. The molecule has 0 saturated carbocycles. The van der Waals surface area contributed by atoms with Crippen LogP contribution in [0.25, 0.3) is 0 Å². The molecule has 0 rings (SSSR count). The van der Waals surface area contributed by atoms with Crippen LogP contribution < -0.4 is 0 Å². The van der Waals surface area contributed by atoms with Crippen molar-refractivity contribution in [1.29, 1.82) is 0 Å². The van der Waals surface area contributed by atoms with Gasteiger partial charge in [0.2, 0.25) is 0 Å². The fourth-order valence-corrected chi connectivity index (χ4v) is 1.54. The van der Waals surface area contributed by atoms with Crippen molar-refractivity contribution < 1.29 is 21.5 Å². The summed E-state index contributed by atoms with van der Waals surface area (Å²) in [5.41, 5.74) is 0. The van der Waals surface area contributed by atoms with E-state index in [-0.39, 0.29) is 42.8 Å². The quantitative estimate of drug-likeness (QED) is 0.351. The molecule has 0 aliphatic rings. The topological polar surface area (TPSA) is 61.8 Å². The number of ether oxygens (including phenoxy) is 1. The number of unbranched alkanes of at least 4 members (excludes halogenated alkanes) is 2. The number of rotatable bonds is 10. The van der Waals surface area contributed by atoms with E-state index in [0.29, 0.717) is 0 Å². The molecular weight excluding hydrogens is 279 g/mol. The zero-order valence-electron chi connectivity index (χ0n) is 11.7. The van der Waals surface area contributed by atoms with Crippen LogP contribution in [0.2, 0.25) is 0 Å². The third kappa shape index (κ3) is 24.0. The Bertz CT molecular complexity index is 265. The first-order valence-electron chi connectivity index (χ1n) is 6.26. The Morgan fingerprint density at radius 3 is 2.00 bits per heavy atom. The van der Waals surface area contributed by atoms with Gasteiger partial charge in [0, 0.05) is 13.2 Å². The fraction of sp³-hybridized carbons (Fsp3) is 0.833. The van der Waals surface area contributed by atoms with Gasteiger partial charge in [-0.3, -0.25) is 0 Å². The fourth-order valence-electron chi connectivity index (χ4n) is 0.883. The van der Waals surface area contributed by atoms with Gasteiger partial charge in [0.05, 0.1) is 13.2 Å². The summed E-state index contributed by atoms with van der Waals surface area (Å²) in [6.07, 6.45) is 4.06. The molecule has 112 valence electrons. The summed E-state index contributed by atoms with van der Waals surface area (Å²) in [6, 6.07) is 0. The van der Waals surface area contributed by atoms with Gasteiger partial charge in [0.15, 0.2) is 0 Å². The van der Waals surface area contributed by atoms with Crippen molar-refractivity contribution in [1.82, 2.24) is 0 Å². The van der Waals surface area contributed by atoms with E-state index in [0.717, 1.165) is 32.5 Å². The predicted molar refractivity (Wildman–Crippen MR) is 79.9 cm³/mol. The normalized spacial score (nSPS) is 10.1. The second-order valence-corrected chi connectivity index (χ2v) is 4.58. The molecule has 0 N–H and O–H groups in total. The first kappa shape index (κ1) is 24.6. The Morgan fingerprint density at radius 1 is 1.05 bits per heavy atom. The molecule has 5 nitrogen and oxygen atoms in total. The molecule has 0 aromatic heterocycles. The van der Waals surface area contributed by atoms with E-state index in [1.165, 1.54) is 6.08 Å². The molecule has 0 atom stereocenters. The van der Waals surface area contributed by atoms with E-state index in [1.54, 1.807) is 0 Å². The molecule has 0 unspecified atom stereocenters. The van der Waals surface area contributed by atoms with Crippen molar-refractivity contribution in [2.75, 3.05) is 26.4 Å². The molecule has 0 aliphatic heterocycles. The zero-order valence-corrected chi connectivity index (χ0v) is 12.5. The molecule has 0 fully saturated rings. The molecular formula is C12H27NaO5S. The van der Waals surface area contributed by atoms with Gasteiger partial charge in [0.25, 0.3) is 0 Å². The van der Waals surface area contributed by atoms with Crippen LogP contribution in [0.5, 0.6) is 0 Å². The minimum atomic E-state index is -3.80. The van der Waals surface area contributed by atoms with E-state index in [9.17, 15) is 8.42 Å². The second kappa shape index (κ2) is 18.6. The third-order valence-corrected chi connectivity index (χ3v) is 2.59. The standard InChI is InChI=1S/C8H16O4S.C4H10O.Na.H/c1-3-5-6-8-12-13(9,10)11-7-4-2;1-3-5-4-2;;/h4H,2-3,5-8H2,1H3;3-4H2,1-2H3;;. The van der Waals surface area contributed by atoms with Crippen LogP contribution in [0.15, 0.2) is 12.7 Å². The molecule has 0 radical (unpaired) electrons. The van der Waals surface area contributed by atoms with E-state index in [4.69, 9.17) is 4.74 Å². The maximum atomic E-state index is 10.9. The summed E-state index contributed by atoms with van der Waals surface area (Å²) >= 11 is 0. The third-order valence-electron chi connectivity index (χ3n) is 1.71. The van der Waals surface area contributed by atoms with Crippen LogP contribution in [0.1, 0.15) is 40.0 Å². The minimum absolute atomic E-state index is 0. The maximum absolute atomic E-state index is 10.9. The van der Waals surface area contributed by atoms with Crippen molar-refractivity contribution in [2.24, 2.45) is 0 Å². The van der Waals surface area contributed by atoms with Gasteiger partial charge in [-0.2, -0.15) is 8.42 Å². The molecule has 0 amide bonds. The van der Waals surface area contributed by atoms with Gasteiger partial charge in [0.1, 0.15) is 0 Å². The Labute approximate surface area is 140 Å². The monoisotopic (exact) mass is 306 g/mol. The van der Waals surface area contributed by atoms with Crippen LogP contribution in [-0.2, 0) is 23.5 Å². The SMILES string of the molecule is C=CCOS(=O)(=O)OCCCCC.CCOCC.[NaH]. The molecule has 19 heavy (non-hydrogen) atoms. The summed E-state index contributed by atoms with van der Waals surface area (Å²) < 4.78 is 35.5. The van der Waals surface area contributed by atoms with Gasteiger partial charge >= 0.3 is 40.0 Å².